The summed E-state index contributed by atoms with van der Waals surface area (Å²) < 4.78 is 8.64. The molecule has 0 aliphatic carbocycles. The van der Waals surface area contributed by atoms with Crippen LogP contribution >= 0.6 is 0 Å². The van der Waals surface area contributed by atoms with Gasteiger partial charge in [0.25, 0.3) is 0 Å². The van der Waals surface area contributed by atoms with E-state index in [1.54, 1.807) is 6.92 Å². The summed E-state index contributed by atoms with van der Waals surface area (Å²) in [5.74, 6) is 0. The SMILES string of the molecule is [CH2]OC(=O)OC(C)CC. The van der Waals surface area contributed by atoms with Gasteiger partial charge in [0.15, 0.2) is 0 Å². The quantitative estimate of drug-likeness (QED) is 0.535. The van der Waals surface area contributed by atoms with Crippen LogP contribution in [0.25, 0.3) is 0 Å². The van der Waals surface area contributed by atoms with Gasteiger partial charge in [-0.15, -0.1) is 0 Å². The molecular formula is C6H11O3. The van der Waals surface area contributed by atoms with Crippen molar-refractivity contribution in [1.29, 1.82) is 0 Å². The molecule has 0 aliphatic heterocycles. The number of ether oxygens (including phenoxy) is 2. The van der Waals surface area contributed by atoms with Crippen LogP contribution in [0, 0.1) is 7.11 Å². The van der Waals surface area contributed by atoms with Gasteiger partial charge in [0, 0.05) is 0 Å². The Morgan fingerprint density at radius 2 is 2.33 bits per heavy atom. The molecule has 0 N–H and O–H groups in total. The van der Waals surface area contributed by atoms with Crippen molar-refractivity contribution >= 4 is 6.16 Å². The second-order valence-corrected chi connectivity index (χ2v) is 1.73. The Kier molecular flexibility index (Phi) is 3.84. The van der Waals surface area contributed by atoms with E-state index in [1.165, 1.54) is 0 Å². The van der Waals surface area contributed by atoms with Gasteiger partial charge >= 0.3 is 6.16 Å². The Bertz CT molecular complexity index is 90.3. The maximum absolute atomic E-state index is 10.3. The molecule has 9 heavy (non-hydrogen) atoms. The molecule has 0 aromatic carbocycles. The molecule has 0 rings (SSSR count). The Balaban J connectivity index is 3.34. The molecular weight excluding hydrogens is 120 g/mol. The van der Waals surface area contributed by atoms with Crippen LogP contribution < -0.4 is 0 Å². The van der Waals surface area contributed by atoms with Crippen LogP contribution in [0.4, 0.5) is 4.79 Å². The maximum atomic E-state index is 10.3. The summed E-state index contributed by atoms with van der Waals surface area (Å²) in [7, 11) is 2.90. The molecule has 0 amide bonds. The third-order valence-corrected chi connectivity index (χ3v) is 0.990. The van der Waals surface area contributed by atoms with Crippen LogP contribution in [0.5, 0.6) is 0 Å². The van der Waals surface area contributed by atoms with Crippen molar-refractivity contribution in [2.24, 2.45) is 0 Å². The highest BCUT2D eigenvalue weighted by Gasteiger charge is 2.04. The lowest BCUT2D eigenvalue weighted by Gasteiger charge is -2.07. The van der Waals surface area contributed by atoms with E-state index in [9.17, 15) is 4.79 Å². The summed E-state index contributed by atoms with van der Waals surface area (Å²) >= 11 is 0. The predicted molar refractivity (Wildman–Crippen MR) is 32.7 cm³/mol. The lowest BCUT2D eigenvalue weighted by Crippen LogP contribution is -2.12. The second kappa shape index (κ2) is 4.18. The fraction of sp³-hybridized carbons (Fsp3) is 0.667. The molecule has 0 aromatic rings. The van der Waals surface area contributed by atoms with E-state index in [2.05, 4.69) is 16.6 Å². The normalized spacial score (nSPS) is 12.3. The summed E-state index contributed by atoms with van der Waals surface area (Å²) in [5, 5.41) is 0. The van der Waals surface area contributed by atoms with Crippen LogP contribution in [0.2, 0.25) is 0 Å². The average molecular weight is 131 g/mol. The molecule has 0 aromatic heterocycles. The molecule has 0 aliphatic rings. The first-order chi connectivity index (χ1) is 4.20. The summed E-state index contributed by atoms with van der Waals surface area (Å²) in [6.45, 7) is 3.71. The van der Waals surface area contributed by atoms with Gasteiger partial charge in [-0.1, -0.05) is 6.92 Å². The smallest absolute Gasteiger partial charge is 0.431 e. The zero-order chi connectivity index (χ0) is 7.28. The zero-order valence-electron chi connectivity index (χ0n) is 5.72. The highest BCUT2D eigenvalue weighted by Crippen LogP contribution is 1.96. The molecule has 3 nitrogen and oxygen atoms in total. The minimum atomic E-state index is -0.718. The lowest BCUT2D eigenvalue weighted by molar-refractivity contribution is 0.0507. The topological polar surface area (TPSA) is 35.5 Å². The van der Waals surface area contributed by atoms with Gasteiger partial charge in [-0.25, -0.2) is 4.79 Å². The van der Waals surface area contributed by atoms with Crippen molar-refractivity contribution in [3.05, 3.63) is 7.11 Å². The first kappa shape index (κ1) is 8.27. The first-order valence-corrected chi connectivity index (χ1v) is 2.83. The Labute approximate surface area is 55.0 Å². The van der Waals surface area contributed by atoms with Gasteiger partial charge < -0.3 is 9.47 Å². The second-order valence-electron chi connectivity index (χ2n) is 1.73. The average Bonchev–Trinajstić information content (AvgIpc) is 1.87. The third kappa shape index (κ3) is 3.82. The van der Waals surface area contributed by atoms with E-state index < -0.39 is 6.16 Å². The molecule has 0 bridgehead atoms. The summed E-state index contributed by atoms with van der Waals surface area (Å²) in [6.07, 6.45) is -0.0154. The minimum Gasteiger partial charge on any atom is -0.431 e. The monoisotopic (exact) mass is 131 g/mol. The van der Waals surface area contributed by atoms with Crippen LogP contribution in [-0.4, -0.2) is 12.3 Å². The van der Waals surface area contributed by atoms with Crippen molar-refractivity contribution in [3.8, 4) is 0 Å². The molecule has 53 valence electrons. The molecule has 1 radical (unpaired) electrons. The van der Waals surface area contributed by atoms with Crippen molar-refractivity contribution in [1.82, 2.24) is 0 Å². The van der Waals surface area contributed by atoms with Gasteiger partial charge in [0.1, 0.15) is 13.2 Å². The number of rotatable bonds is 2. The van der Waals surface area contributed by atoms with Crippen molar-refractivity contribution in [2.45, 2.75) is 26.4 Å². The van der Waals surface area contributed by atoms with E-state index in [-0.39, 0.29) is 6.10 Å². The van der Waals surface area contributed by atoms with Crippen molar-refractivity contribution in [2.75, 3.05) is 0 Å². The third-order valence-electron chi connectivity index (χ3n) is 0.990. The van der Waals surface area contributed by atoms with Crippen molar-refractivity contribution in [3.63, 3.8) is 0 Å². The molecule has 0 spiro atoms. The fourth-order valence-electron chi connectivity index (χ4n) is 0.282. The van der Waals surface area contributed by atoms with E-state index in [0.29, 0.717) is 0 Å². The number of carbonyl (C=O) groups excluding carboxylic acids is 1. The van der Waals surface area contributed by atoms with Crippen LogP contribution in [0.1, 0.15) is 20.3 Å². The standard InChI is InChI=1S/C6H11O3/c1-4-5(2)9-6(7)8-3/h5H,3-4H2,1-2H3. The Hall–Kier alpha value is -0.730. The highest BCUT2D eigenvalue weighted by atomic mass is 16.7. The van der Waals surface area contributed by atoms with Gasteiger partial charge in [0.2, 0.25) is 0 Å². The van der Waals surface area contributed by atoms with Crippen molar-refractivity contribution < 1.29 is 14.3 Å². The fourth-order valence-corrected chi connectivity index (χ4v) is 0.282. The van der Waals surface area contributed by atoms with E-state index in [0.717, 1.165) is 6.42 Å². The lowest BCUT2D eigenvalue weighted by atomic mass is 10.3. The summed E-state index contributed by atoms with van der Waals surface area (Å²) in [4.78, 5) is 10.3. The van der Waals surface area contributed by atoms with Crippen LogP contribution in [0.3, 0.4) is 0 Å². The van der Waals surface area contributed by atoms with Crippen LogP contribution in [0.15, 0.2) is 0 Å². The Morgan fingerprint density at radius 3 is 2.67 bits per heavy atom. The zero-order valence-corrected chi connectivity index (χ0v) is 5.72. The minimum absolute atomic E-state index is 0.0840. The van der Waals surface area contributed by atoms with E-state index in [4.69, 9.17) is 0 Å². The molecule has 3 heteroatoms. The Morgan fingerprint density at radius 1 is 1.78 bits per heavy atom. The first-order valence-electron chi connectivity index (χ1n) is 2.83. The highest BCUT2D eigenvalue weighted by molar-refractivity contribution is 5.60. The molecule has 0 saturated carbocycles. The summed E-state index contributed by atoms with van der Waals surface area (Å²) in [6, 6.07) is 0. The van der Waals surface area contributed by atoms with Gasteiger partial charge in [0.05, 0.1) is 0 Å². The largest absolute Gasteiger partial charge is 0.508 e. The molecule has 1 unspecified atom stereocenters. The number of hydrogen-bond donors (Lipinski definition) is 0. The predicted octanol–water partition coefficient (Wildman–Crippen LogP) is 1.73. The van der Waals surface area contributed by atoms with E-state index >= 15 is 0 Å². The van der Waals surface area contributed by atoms with Gasteiger partial charge in [-0.2, -0.15) is 0 Å². The number of carbonyl (C=O) groups is 1. The maximum Gasteiger partial charge on any atom is 0.508 e. The molecule has 0 heterocycles. The molecule has 1 atom stereocenters. The molecule has 0 fully saturated rings. The van der Waals surface area contributed by atoms with Crippen LogP contribution in [-0.2, 0) is 9.47 Å². The summed E-state index contributed by atoms with van der Waals surface area (Å²) in [5.41, 5.74) is 0. The van der Waals surface area contributed by atoms with E-state index in [1.807, 2.05) is 6.92 Å². The van der Waals surface area contributed by atoms with Gasteiger partial charge in [-0.05, 0) is 13.3 Å². The van der Waals surface area contributed by atoms with Gasteiger partial charge in [-0.3, -0.25) is 0 Å². The number of hydrogen-bond acceptors (Lipinski definition) is 3. The molecule has 0 saturated heterocycles.